The molecule has 0 aliphatic heterocycles. The third-order valence-electron chi connectivity index (χ3n) is 2.22. The number of carbonyl (C=O) groups is 1. The van der Waals surface area contributed by atoms with Crippen LogP contribution in [0.1, 0.15) is 10.4 Å². The van der Waals surface area contributed by atoms with Crippen LogP contribution in [-0.4, -0.2) is 16.0 Å². The van der Waals surface area contributed by atoms with Crippen molar-refractivity contribution >= 4 is 29.0 Å². The second-order valence-electron chi connectivity index (χ2n) is 3.60. The number of aromatic nitrogens is 1. The number of pyridine rings is 1. The van der Waals surface area contributed by atoms with Gasteiger partial charge in [-0.2, -0.15) is 0 Å². The number of hydrogen-bond acceptors (Lipinski definition) is 4. The first-order valence-electron chi connectivity index (χ1n) is 5.07. The van der Waals surface area contributed by atoms with Gasteiger partial charge in [-0.15, -0.1) is 0 Å². The highest BCUT2D eigenvalue weighted by Gasteiger charge is 2.11. The maximum Gasteiger partial charge on any atom is 0.258 e. The molecular weight excluding hydrogens is 254 g/mol. The van der Waals surface area contributed by atoms with Crippen molar-refractivity contribution in [3.8, 4) is 5.75 Å². The molecule has 0 fully saturated rings. The highest BCUT2D eigenvalue weighted by atomic mass is 35.5. The van der Waals surface area contributed by atoms with Crippen LogP contribution in [0.3, 0.4) is 0 Å². The van der Waals surface area contributed by atoms with Crippen LogP contribution in [0, 0.1) is 0 Å². The molecule has 0 atom stereocenters. The van der Waals surface area contributed by atoms with E-state index in [9.17, 15) is 9.90 Å². The SMILES string of the molecule is Nc1ccc(NC(=O)c2cc(O)ccc2Cl)nc1. The Morgan fingerprint density at radius 1 is 1.33 bits per heavy atom. The minimum atomic E-state index is -0.451. The van der Waals surface area contributed by atoms with E-state index in [4.69, 9.17) is 17.3 Å². The highest BCUT2D eigenvalue weighted by Crippen LogP contribution is 2.22. The topological polar surface area (TPSA) is 88.2 Å². The summed E-state index contributed by atoms with van der Waals surface area (Å²) in [7, 11) is 0. The molecule has 0 unspecified atom stereocenters. The van der Waals surface area contributed by atoms with Crippen LogP contribution in [0.25, 0.3) is 0 Å². The first kappa shape index (κ1) is 12.2. The van der Waals surface area contributed by atoms with Crippen molar-refractivity contribution in [1.29, 1.82) is 0 Å². The summed E-state index contributed by atoms with van der Waals surface area (Å²) >= 11 is 5.87. The lowest BCUT2D eigenvalue weighted by Gasteiger charge is -2.06. The summed E-state index contributed by atoms with van der Waals surface area (Å²) in [4.78, 5) is 15.8. The van der Waals surface area contributed by atoms with E-state index in [1.165, 1.54) is 24.4 Å². The predicted octanol–water partition coefficient (Wildman–Crippen LogP) is 2.28. The van der Waals surface area contributed by atoms with Gasteiger partial charge in [0.05, 0.1) is 22.5 Å². The smallest absolute Gasteiger partial charge is 0.258 e. The van der Waals surface area contributed by atoms with Gasteiger partial charge in [0, 0.05) is 0 Å². The number of halogens is 1. The van der Waals surface area contributed by atoms with Crippen molar-refractivity contribution in [2.24, 2.45) is 0 Å². The van der Waals surface area contributed by atoms with Gasteiger partial charge in [-0.25, -0.2) is 4.98 Å². The van der Waals surface area contributed by atoms with Crippen LogP contribution in [-0.2, 0) is 0 Å². The molecule has 0 saturated carbocycles. The monoisotopic (exact) mass is 263 g/mol. The summed E-state index contributed by atoms with van der Waals surface area (Å²) in [6.07, 6.45) is 1.43. The van der Waals surface area contributed by atoms with Crippen molar-refractivity contribution in [3.05, 3.63) is 47.1 Å². The first-order valence-corrected chi connectivity index (χ1v) is 5.45. The fourth-order valence-electron chi connectivity index (χ4n) is 1.35. The van der Waals surface area contributed by atoms with Crippen molar-refractivity contribution in [1.82, 2.24) is 4.98 Å². The summed E-state index contributed by atoms with van der Waals surface area (Å²) < 4.78 is 0. The van der Waals surface area contributed by atoms with Crippen molar-refractivity contribution < 1.29 is 9.90 Å². The summed E-state index contributed by atoms with van der Waals surface area (Å²) in [5.41, 5.74) is 6.16. The zero-order chi connectivity index (χ0) is 13.1. The molecule has 2 rings (SSSR count). The van der Waals surface area contributed by atoms with Crippen molar-refractivity contribution in [2.45, 2.75) is 0 Å². The van der Waals surface area contributed by atoms with E-state index in [-0.39, 0.29) is 16.3 Å². The number of nitrogens with two attached hydrogens (primary N) is 1. The zero-order valence-corrected chi connectivity index (χ0v) is 9.98. The summed E-state index contributed by atoms with van der Waals surface area (Å²) in [5, 5.41) is 12.1. The van der Waals surface area contributed by atoms with Crippen LogP contribution in [0.15, 0.2) is 36.5 Å². The number of nitrogen functional groups attached to an aromatic ring is 1. The second kappa shape index (κ2) is 4.93. The van der Waals surface area contributed by atoms with Crippen LogP contribution in [0.4, 0.5) is 11.5 Å². The van der Waals surface area contributed by atoms with Crippen LogP contribution in [0.5, 0.6) is 5.75 Å². The molecule has 0 bridgehead atoms. The van der Waals surface area contributed by atoms with Crippen LogP contribution >= 0.6 is 11.6 Å². The molecule has 92 valence electrons. The molecule has 2 aromatic rings. The normalized spacial score (nSPS) is 10.1. The number of amides is 1. The molecule has 0 spiro atoms. The fraction of sp³-hybridized carbons (Fsp3) is 0. The molecule has 0 radical (unpaired) electrons. The van der Waals surface area contributed by atoms with Gasteiger partial charge in [0.2, 0.25) is 0 Å². The molecule has 0 aliphatic rings. The van der Waals surface area contributed by atoms with Crippen LogP contribution < -0.4 is 11.1 Å². The number of rotatable bonds is 2. The molecule has 4 N–H and O–H groups in total. The molecule has 18 heavy (non-hydrogen) atoms. The average molecular weight is 264 g/mol. The van der Waals surface area contributed by atoms with Gasteiger partial charge in [-0.3, -0.25) is 4.79 Å². The van der Waals surface area contributed by atoms with E-state index in [1.807, 2.05) is 0 Å². The lowest BCUT2D eigenvalue weighted by Crippen LogP contribution is -2.13. The predicted molar refractivity (Wildman–Crippen MR) is 69.7 cm³/mol. The molecule has 6 heteroatoms. The molecule has 1 aromatic carbocycles. The molecule has 5 nitrogen and oxygen atoms in total. The summed E-state index contributed by atoms with van der Waals surface area (Å²) in [6.45, 7) is 0. The summed E-state index contributed by atoms with van der Waals surface area (Å²) in [5.74, 6) is -0.128. The Labute approximate surface area is 108 Å². The average Bonchev–Trinajstić information content (AvgIpc) is 2.35. The Hall–Kier alpha value is -2.27. The van der Waals surface area contributed by atoms with E-state index in [2.05, 4.69) is 10.3 Å². The largest absolute Gasteiger partial charge is 0.508 e. The number of nitrogens with one attached hydrogen (secondary N) is 1. The number of nitrogens with zero attached hydrogens (tertiary/aromatic N) is 1. The molecule has 1 amide bonds. The van der Waals surface area contributed by atoms with Gasteiger partial charge in [0.1, 0.15) is 11.6 Å². The second-order valence-corrected chi connectivity index (χ2v) is 4.00. The number of benzene rings is 1. The van der Waals surface area contributed by atoms with Gasteiger partial charge in [0.25, 0.3) is 5.91 Å². The molecule has 1 aromatic heterocycles. The maximum atomic E-state index is 11.9. The number of anilines is 2. The Morgan fingerprint density at radius 3 is 2.78 bits per heavy atom. The molecular formula is C12H10ClN3O2. The minimum absolute atomic E-state index is 0.0326. The minimum Gasteiger partial charge on any atom is -0.508 e. The molecule has 0 saturated heterocycles. The van der Waals surface area contributed by atoms with E-state index in [0.717, 1.165) is 0 Å². The Balaban J connectivity index is 2.21. The van der Waals surface area contributed by atoms with Gasteiger partial charge < -0.3 is 16.2 Å². The lowest BCUT2D eigenvalue weighted by molar-refractivity contribution is 0.102. The summed E-state index contributed by atoms with van der Waals surface area (Å²) in [6, 6.07) is 7.33. The van der Waals surface area contributed by atoms with Gasteiger partial charge in [-0.05, 0) is 30.3 Å². The van der Waals surface area contributed by atoms with E-state index in [1.54, 1.807) is 12.1 Å². The molecule has 0 aliphatic carbocycles. The number of aromatic hydroxyl groups is 1. The number of hydrogen-bond donors (Lipinski definition) is 3. The number of carbonyl (C=O) groups excluding carboxylic acids is 1. The quantitative estimate of drug-likeness (QED) is 0.775. The number of phenolic OH excluding ortho intramolecular Hbond substituents is 1. The Morgan fingerprint density at radius 2 is 2.11 bits per heavy atom. The standard InChI is InChI=1S/C12H10ClN3O2/c13-10-3-2-8(17)5-9(10)12(18)16-11-4-1-7(14)6-15-11/h1-6,17H,14H2,(H,15,16,18). The van der Waals surface area contributed by atoms with E-state index >= 15 is 0 Å². The van der Waals surface area contributed by atoms with Crippen LogP contribution in [0.2, 0.25) is 5.02 Å². The van der Waals surface area contributed by atoms with E-state index < -0.39 is 5.91 Å². The zero-order valence-electron chi connectivity index (χ0n) is 9.22. The van der Waals surface area contributed by atoms with Crippen molar-refractivity contribution in [2.75, 3.05) is 11.1 Å². The van der Waals surface area contributed by atoms with Gasteiger partial charge in [-0.1, -0.05) is 11.6 Å². The maximum absolute atomic E-state index is 11.9. The fourth-order valence-corrected chi connectivity index (χ4v) is 1.55. The van der Waals surface area contributed by atoms with Gasteiger partial charge >= 0.3 is 0 Å². The highest BCUT2D eigenvalue weighted by molar-refractivity contribution is 6.34. The Bertz CT molecular complexity index is 584. The third-order valence-corrected chi connectivity index (χ3v) is 2.55. The van der Waals surface area contributed by atoms with Crippen molar-refractivity contribution in [3.63, 3.8) is 0 Å². The Kier molecular flexibility index (Phi) is 3.34. The first-order chi connectivity index (χ1) is 8.56. The van der Waals surface area contributed by atoms with E-state index in [0.29, 0.717) is 11.5 Å². The number of phenols is 1. The van der Waals surface area contributed by atoms with Gasteiger partial charge in [0.15, 0.2) is 0 Å². The molecule has 1 heterocycles. The lowest BCUT2D eigenvalue weighted by atomic mass is 10.2. The third kappa shape index (κ3) is 2.70.